The van der Waals surface area contributed by atoms with Crippen molar-refractivity contribution in [3.05, 3.63) is 103 Å². The molecule has 0 bridgehead atoms. The molecule has 0 saturated carbocycles. The molecule has 1 atom stereocenters. The van der Waals surface area contributed by atoms with Crippen LogP contribution in [0.5, 0.6) is 0 Å². The summed E-state index contributed by atoms with van der Waals surface area (Å²) < 4.78 is 13.3. The number of hydrogen-bond acceptors (Lipinski definition) is 3. The van der Waals surface area contributed by atoms with Gasteiger partial charge in [0.2, 0.25) is 11.8 Å². The SMILES string of the molecule is C=CCN1CCN(C(=O)Cc2ccc(F)cc2)[C@H](Cc2ccccc2-c2ccncc2)C1=O. The van der Waals surface area contributed by atoms with Crippen molar-refractivity contribution in [3.63, 3.8) is 0 Å². The fraction of sp³-hybridized carbons (Fsp3) is 0.222. The third kappa shape index (κ3) is 5.17. The lowest BCUT2D eigenvalue weighted by Crippen LogP contribution is -2.59. The van der Waals surface area contributed by atoms with Gasteiger partial charge >= 0.3 is 0 Å². The number of pyridine rings is 1. The summed E-state index contributed by atoms with van der Waals surface area (Å²) in [5.41, 5.74) is 3.73. The Bertz CT molecular complexity index is 1130. The van der Waals surface area contributed by atoms with Gasteiger partial charge in [0.1, 0.15) is 11.9 Å². The molecular weight excluding hydrogens is 417 g/mol. The third-order valence-corrected chi connectivity index (χ3v) is 5.94. The molecule has 0 N–H and O–H groups in total. The summed E-state index contributed by atoms with van der Waals surface area (Å²) in [6.45, 7) is 5.11. The van der Waals surface area contributed by atoms with Gasteiger partial charge in [-0.25, -0.2) is 4.39 Å². The van der Waals surface area contributed by atoms with Crippen molar-refractivity contribution in [1.29, 1.82) is 0 Å². The summed E-state index contributed by atoms with van der Waals surface area (Å²) in [7, 11) is 0. The molecule has 0 spiro atoms. The zero-order valence-corrected chi connectivity index (χ0v) is 18.4. The fourth-order valence-corrected chi connectivity index (χ4v) is 4.27. The van der Waals surface area contributed by atoms with E-state index in [1.54, 1.807) is 40.4 Å². The second-order valence-corrected chi connectivity index (χ2v) is 8.08. The first-order valence-electron chi connectivity index (χ1n) is 11.0. The number of rotatable bonds is 7. The number of piperazine rings is 1. The molecule has 3 aromatic rings. The minimum Gasteiger partial charge on any atom is -0.335 e. The van der Waals surface area contributed by atoms with E-state index in [1.165, 1.54) is 12.1 Å². The number of benzene rings is 2. The summed E-state index contributed by atoms with van der Waals surface area (Å²) in [6, 6.07) is 17.1. The van der Waals surface area contributed by atoms with Crippen LogP contribution in [0, 0.1) is 5.82 Å². The Balaban J connectivity index is 1.63. The van der Waals surface area contributed by atoms with Crippen LogP contribution in [-0.4, -0.2) is 52.3 Å². The highest BCUT2D eigenvalue weighted by molar-refractivity contribution is 5.90. The topological polar surface area (TPSA) is 53.5 Å². The van der Waals surface area contributed by atoms with Crippen LogP contribution in [0.15, 0.2) is 85.7 Å². The number of halogens is 1. The predicted molar refractivity (Wildman–Crippen MR) is 126 cm³/mol. The number of aromatic nitrogens is 1. The Hall–Kier alpha value is -3.80. The van der Waals surface area contributed by atoms with Crippen LogP contribution in [0.2, 0.25) is 0 Å². The first kappa shape index (κ1) is 22.4. The highest BCUT2D eigenvalue weighted by atomic mass is 19.1. The normalized spacial score (nSPS) is 16.0. The van der Waals surface area contributed by atoms with Gasteiger partial charge in [-0.3, -0.25) is 14.6 Å². The Morgan fingerprint density at radius 2 is 1.79 bits per heavy atom. The Morgan fingerprint density at radius 1 is 1.06 bits per heavy atom. The van der Waals surface area contributed by atoms with Gasteiger partial charge in [0, 0.05) is 38.4 Å². The van der Waals surface area contributed by atoms with Crippen molar-refractivity contribution in [2.75, 3.05) is 19.6 Å². The van der Waals surface area contributed by atoms with Crippen molar-refractivity contribution < 1.29 is 14.0 Å². The largest absolute Gasteiger partial charge is 0.335 e. The van der Waals surface area contributed by atoms with E-state index < -0.39 is 6.04 Å². The van der Waals surface area contributed by atoms with Crippen LogP contribution >= 0.6 is 0 Å². The Labute approximate surface area is 193 Å². The van der Waals surface area contributed by atoms with E-state index in [2.05, 4.69) is 11.6 Å². The van der Waals surface area contributed by atoms with Crippen molar-refractivity contribution in [2.24, 2.45) is 0 Å². The smallest absolute Gasteiger partial charge is 0.246 e. The maximum Gasteiger partial charge on any atom is 0.246 e. The van der Waals surface area contributed by atoms with E-state index in [1.807, 2.05) is 36.4 Å². The van der Waals surface area contributed by atoms with Crippen molar-refractivity contribution >= 4 is 11.8 Å². The number of nitrogens with zero attached hydrogens (tertiary/aromatic N) is 3. The molecule has 5 nitrogen and oxygen atoms in total. The number of carbonyl (C=O) groups is 2. The number of carbonyl (C=O) groups excluding carboxylic acids is 2. The van der Waals surface area contributed by atoms with Crippen LogP contribution < -0.4 is 0 Å². The molecule has 0 aliphatic carbocycles. The van der Waals surface area contributed by atoms with Crippen molar-refractivity contribution in [2.45, 2.75) is 18.9 Å². The lowest BCUT2D eigenvalue weighted by molar-refractivity contribution is -0.150. The molecule has 2 amide bonds. The van der Waals surface area contributed by atoms with Gasteiger partial charge in [0.05, 0.1) is 6.42 Å². The van der Waals surface area contributed by atoms with Crippen molar-refractivity contribution in [1.82, 2.24) is 14.8 Å². The van der Waals surface area contributed by atoms with E-state index >= 15 is 0 Å². The molecule has 0 unspecified atom stereocenters. The molecule has 0 radical (unpaired) electrons. The van der Waals surface area contributed by atoms with Crippen molar-refractivity contribution in [3.8, 4) is 11.1 Å². The highest BCUT2D eigenvalue weighted by Crippen LogP contribution is 2.27. The molecule has 2 aromatic carbocycles. The van der Waals surface area contributed by atoms with Crippen LogP contribution in [0.1, 0.15) is 11.1 Å². The molecule has 1 fully saturated rings. The maximum atomic E-state index is 13.4. The van der Waals surface area contributed by atoms with E-state index in [0.717, 1.165) is 22.3 Å². The molecular formula is C27H26FN3O2. The van der Waals surface area contributed by atoms with Crippen LogP contribution in [0.4, 0.5) is 4.39 Å². The minimum absolute atomic E-state index is 0.0851. The molecule has 1 aliphatic rings. The quantitative estimate of drug-likeness (QED) is 0.521. The van der Waals surface area contributed by atoms with Gasteiger partial charge in [-0.05, 0) is 46.5 Å². The lowest BCUT2D eigenvalue weighted by Gasteiger charge is -2.40. The monoisotopic (exact) mass is 443 g/mol. The van der Waals surface area contributed by atoms with Gasteiger partial charge in [0.15, 0.2) is 0 Å². The van der Waals surface area contributed by atoms with Crippen LogP contribution in [0.25, 0.3) is 11.1 Å². The standard InChI is InChI=1S/C27H26FN3O2/c1-2-15-30-16-17-31(26(32)18-20-7-9-23(28)10-8-20)25(27(30)33)19-22-5-3-4-6-24(22)21-11-13-29-14-12-21/h2-14,25H,1,15-19H2/t25-/m1/s1. The van der Waals surface area contributed by atoms with E-state index in [4.69, 9.17) is 0 Å². The average molecular weight is 444 g/mol. The first-order valence-corrected chi connectivity index (χ1v) is 11.0. The number of hydrogen-bond donors (Lipinski definition) is 0. The molecule has 4 rings (SSSR count). The van der Waals surface area contributed by atoms with Crippen LogP contribution in [0.3, 0.4) is 0 Å². The summed E-state index contributed by atoms with van der Waals surface area (Å²) in [4.78, 5) is 34.2. The molecule has 33 heavy (non-hydrogen) atoms. The molecule has 1 aliphatic heterocycles. The second kappa shape index (κ2) is 10.2. The molecule has 168 valence electrons. The highest BCUT2D eigenvalue weighted by Gasteiger charge is 2.37. The van der Waals surface area contributed by atoms with E-state index in [9.17, 15) is 14.0 Å². The second-order valence-electron chi connectivity index (χ2n) is 8.08. The summed E-state index contributed by atoms with van der Waals surface area (Å²) in [5, 5.41) is 0. The first-order chi connectivity index (χ1) is 16.1. The van der Waals surface area contributed by atoms with E-state index in [0.29, 0.717) is 26.1 Å². The molecule has 2 heterocycles. The number of amides is 2. The minimum atomic E-state index is -0.616. The molecule has 6 heteroatoms. The van der Waals surface area contributed by atoms with Gasteiger partial charge < -0.3 is 9.80 Å². The fourth-order valence-electron chi connectivity index (χ4n) is 4.27. The average Bonchev–Trinajstić information content (AvgIpc) is 2.84. The predicted octanol–water partition coefficient (Wildman–Crippen LogP) is 3.90. The lowest BCUT2D eigenvalue weighted by atomic mass is 9.93. The van der Waals surface area contributed by atoms with E-state index in [-0.39, 0.29) is 24.1 Å². The zero-order valence-electron chi connectivity index (χ0n) is 18.4. The Morgan fingerprint density at radius 3 is 2.52 bits per heavy atom. The van der Waals surface area contributed by atoms with Gasteiger partial charge in [-0.1, -0.05) is 42.5 Å². The Kier molecular flexibility index (Phi) is 6.93. The zero-order chi connectivity index (χ0) is 23.2. The molecule has 1 saturated heterocycles. The maximum absolute atomic E-state index is 13.4. The summed E-state index contributed by atoms with van der Waals surface area (Å²) in [6.07, 6.45) is 5.71. The van der Waals surface area contributed by atoms with Gasteiger partial charge in [0.25, 0.3) is 0 Å². The third-order valence-electron chi connectivity index (χ3n) is 5.94. The van der Waals surface area contributed by atoms with Gasteiger partial charge in [-0.15, -0.1) is 6.58 Å². The summed E-state index contributed by atoms with van der Waals surface area (Å²) >= 11 is 0. The molecule has 1 aromatic heterocycles. The van der Waals surface area contributed by atoms with Gasteiger partial charge in [-0.2, -0.15) is 0 Å². The van der Waals surface area contributed by atoms with Crippen LogP contribution in [-0.2, 0) is 22.4 Å². The summed E-state index contributed by atoms with van der Waals surface area (Å²) in [5.74, 6) is -0.567.